The Labute approximate surface area is 134 Å². The predicted octanol–water partition coefficient (Wildman–Crippen LogP) is -0.226. The van der Waals surface area contributed by atoms with Crippen molar-refractivity contribution < 1.29 is 17.9 Å². The van der Waals surface area contributed by atoms with Crippen molar-refractivity contribution in [3.63, 3.8) is 0 Å². The lowest BCUT2D eigenvalue weighted by Crippen LogP contribution is -2.61. The van der Waals surface area contributed by atoms with E-state index in [2.05, 4.69) is 10.2 Å². The molecular weight excluding hydrogens is 320 g/mol. The molecule has 1 N–H and O–H groups in total. The first-order valence-corrected chi connectivity index (χ1v) is 9.47. The Hall–Kier alpha value is -1.45. The number of carbonyl (C=O) groups excluding carboxylic acids is 1. The van der Waals surface area contributed by atoms with Crippen molar-refractivity contribution in [2.75, 3.05) is 39.4 Å². The number of nitrogens with zero attached hydrogens (tertiary/aromatic N) is 3. The summed E-state index contributed by atoms with van der Waals surface area (Å²) in [4.78, 5) is 13.9. The summed E-state index contributed by atoms with van der Waals surface area (Å²) in [5.41, 5.74) is 1.39. The molecule has 1 aromatic heterocycles. The molecule has 3 heterocycles. The van der Waals surface area contributed by atoms with Crippen LogP contribution in [0.3, 0.4) is 0 Å². The van der Waals surface area contributed by atoms with Gasteiger partial charge in [0.15, 0.2) is 0 Å². The maximum Gasteiger partial charge on any atom is 0.274 e. The average molecular weight is 340 g/mol. The maximum atomic E-state index is 12.5. The van der Waals surface area contributed by atoms with Gasteiger partial charge in [-0.2, -0.15) is 9.40 Å². The molecule has 1 amide bonds. The number of aromatic nitrogens is 2. The molecule has 0 spiro atoms. The Morgan fingerprint density at radius 1 is 1.26 bits per heavy atom. The number of hydrogen-bond acceptors (Lipinski definition) is 5. The van der Waals surface area contributed by atoms with Crippen molar-refractivity contribution >= 4 is 15.9 Å². The molecule has 3 aliphatic rings. The first-order valence-electron chi connectivity index (χ1n) is 7.97. The lowest BCUT2D eigenvalue weighted by atomic mass is 10.2. The van der Waals surface area contributed by atoms with Crippen LogP contribution in [0, 0.1) is 0 Å². The normalized spacial score (nSPS) is 23.7. The van der Waals surface area contributed by atoms with Gasteiger partial charge in [-0.3, -0.25) is 9.89 Å². The number of amides is 1. The van der Waals surface area contributed by atoms with Gasteiger partial charge < -0.3 is 9.64 Å². The Morgan fingerprint density at radius 3 is 2.61 bits per heavy atom. The summed E-state index contributed by atoms with van der Waals surface area (Å²) in [5, 5.41) is 6.46. The number of ether oxygens (including phenoxy) is 1. The molecule has 23 heavy (non-hydrogen) atoms. The van der Waals surface area contributed by atoms with Crippen LogP contribution >= 0.6 is 0 Å². The van der Waals surface area contributed by atoms with E-state index >= 15 is 0 Å². The van der Waals surface area contributed by atoms with Gasteiger partial charge in [0.25, 0.3) is 5.91 Å². The second kappa shape index (κ2) is 5.57. The number of rotatable bonds is 4. The predicted molar refractivity (Wildman–Crippen MR) is 81.6 cm³/mol. The van der Waals surface area contributed by atoms with E-state index in [-0.39, 0.29) is 19.0 Å². The lowest BCUT2D eigenvalue weighted by Gasteiger charge is -2.41. The van der Waals surface area contributed by atoms with Gasteiger partial charge in [-0.1, -0.05) is 0 Å². The second-order valence-electron chi connectivity index (χ2n) is 6.37. The zero-order valence-electron chi connectivity index (χ0n) is 12.8. The minimum Gasteiger partial charge on any atom is -0.379 e. The fraction of sp³-hybridized carbons (Fsp3) is 0.714. The van der Waals surface area contributed by atoms with Crippen molar-refractivity contribution in [2.24, 2.45) is 0 Å². The Morgan fingerprint density at radius 2 is 1.96 bits per heavy atom. The topological polar surface area (TPSA) is 95.6 Å². The molecule has 0 radical (unpaired) electrons. The Balaban J connectivity index is 1.37. The zero-order valence-corrected chi connectivity index (χ0v) is 13.6. The molecule has 3 fully saturated rings. The molecule has 0 aromatic carbocycles. The van der Waals surface area contributed by atoms with E-state index < -0.39 is 15.3 Å². The van der Waals surface area contributed by atoms with Gasteiger partial charge in [0, 0.05) is 37.8 Å². The van der Waals surface area contributed by atoms with Crippen molar-refractivity contribution in [1.82, 2.24) is 19.4 Å². The highest BCUT2D eigenvalue weighted by Gasteiger charge is 2.43. The Bertz CT molecular complexity index is 700. The van der Waals surface area contributed by atoms with E-state index in [0.717, 1.165) is 18.5 Å². The Kier molecular flexibility index (Phi) is 3.66. The quantitative estimate of drug-likeness (QED) is 0.817. The van der Waals surface area contributed by atoms with Gasteiger partial charge in [0.1, 0.15) is 10.9 Å². The average Bonchev–Trinajstić information content (AvgIpc) is 3.23. The lowest BCUT2D eigenvalue weighted by molar-refractivity contribution is 0.0612. The van der Waals surface area contributed by atoms with Crippen LogP contribution in [-0.4, -0.2) is 78.4 Å². The van der Waals surface area contributed by atoms with Crippen LogP contribution in [-0.2, 0) is 14.8 Å². The van der Waals surface area contributed by atoms with E-state index in [1.165, 1.54) is 4.31 Å². The molecule has 2 aliphatic heterocycles. The number of likely N-dealkylation sites (tertiary alicyclic amines) is 1. The van der Waals surface area contributed by atoms with Crippen LogP contribution in [0.5, 0.6) is 0 Å². The van der Waals surface area contributed by atoms with Gasteiger partial charge in [-0.15, -0.1) is 0 Å². The monoisotopic (exact) mass is 340 g/mol. The summed E-state index contributed by atoms with van der Waals surface area (Å²) in [6.07, 6.45) is 2.28. The number of morpholine rings is 1. The van der Waals surface area contributed by atoms with Crippen molar-refractivity contribution in [3.05, 3.63) is 17.5 Å². The van der Waals surface area contributed by atoms with Gasteiger partial charge in [-0.05, 0) is 18.9 Å². The second-order valence-corrected chi connectivity index (χ2v) is 8.58. The smallest absolute Gasteiger partial charge is 0.274 e. The third kappa shape index (κ3) is 2.77. The van der Waals surface area contributed by atoms with Crippen molar-refractivity contribution in [3.8, 4) is 0 Å². The first kappa shape index (κ1) is 15.1. The molecule has 1 aromatic rings. The molecule has 9 heteroatoms. The number of nitrogens with one attached hydrogen (secondary N) is 1. The van der Waals surface area contributed by atoms with Crippen LogP contribution in [0.15, 0.2) is 6.07 Å². The van der Waals surface area contributed by atoms with Crippen LogP contribution < -0.4 is 0 Å². The summed E-state index contributed by atoms with van der Waals surface area (Å²) in [6.45, 7) is 2.15. The first-order chi connectivity index (χ1) is 11.1. The highest BCUT2D eigenvalue weighted by atomic mass is 32.2. The summed E-state index contributed by atoms with van der Waals surface area (Å²) >= 11 is 0. The van der Waals surface area contributed by atoms with Crippen molar-refractivity contribution in [1.29, 1.82) is 0 Å². The zero-order chi connectivity index (χ0) is 16.0. The molecular formula is C14H20N4O4S. The summed E-state index contributed by atoms with van der Waals surface area (Å²) in [5.74, 6) is 0.316. The SMILES string of the molecule is O=C(c1cc(C2CC2)[nH]n1)N1CC(S(=O)(=O)N2CCOCC2)C1. The third-order valence-corrected chi connectivity index (χ3v) is 6.95. The van der Waals surface area contributed by atoms with Crippen LogP contribution in [0.25, 0.3) is 0 Å². The minimum atomic E-state index is -3.34. The van der Waals surface area contributed by atoms with Gasteiger partial charge in [0.05, 0.1) is 13.2 Å². The molecule has 0 atom stereocenters. The molecule has 126 valence electrons. The minimum absolute atomic E-state index is 0.193. The van der Waals surface area contributed by atoms with Gasteiger partial charge in [-0.25, -0.2) is 8.42 Å². The summed E-state index contributed by atoms with van der Waals surface area (Å²) in [6, 6.07) is 1.80. The van der Waals surface area contributed by atoms with E-state index in [1.54, 1.807) is 11.0 Å². The fourth-order valence-corrected chi connectivity index (χ4v) is 4.83. The molecule has 4 rings (SSSR count). The van der Waals surface area contributed by atoms with Crippen LogP contribution in [0.1, 0.15) is 34.9 Å². The standard InChI is InChI=1S/C14H20N4O4S/c19-14(13-7-12(15-16-13)10-1-2-10)17-8-11(9-17)23(20,21)18-3-5-22-6-4-18/h7,10-11H,1-6,8-9H2,(H,15,16). The molecule has 8 nitrogen and oxygen atoms in total. The van der Waals surface area contributed by atoms with E-state index in [4.69, 9.17) is 4.74 Å². The molecule has 0 unspecified atom stereocenters. The maximum absolute atomic E-state index is 12.5. The number of hydrogen-bond donors (Lipinski definition) is 1. The summed E-state index contributed by atoms with van der Waals surface area (Å²) < 4.78 is 31.6. The van der Waals surface area contributed by atoms with E-state index in [9.17, 15) is 13.2 Å². The van der Waals surface area contributed by atoms with E-state index in [1.807, 2.05) is 0 Å². The van der Waals surface area contributed by atoms with Crippen molar-refractivity contribution in [2.45, 2.75) is 24.0 Å². The number of H-pyrrole nitrogens is 1. The van der Waals surface area contributed by atoms with Gasteiger partial charge in [0.2, 0.25) is 10.0 Å². The molecule has 2 saturated heterocycles. The number of sulfonamides is 1. The van der Waals surface area contributed by atoms with Gasteiger partial charge >= 0.3 is 0 Å². The van der Waals surface area contributed by atoms with Crippen LogP contribution in [0.2, 0.25) is 0 Å². The van der Waals surface area contributed by atoms with Crippen LogP contribution in [0.4, 0.5) is 0 Å². The molecule has 1 saturated carbocycles. The number of carbonyl (C=O) groups is 1. The summed E-state index contributed by atoms with van der Waals surface area (Å²) in [7, 11) is -3.34. The molecule has 0 bridgehead atoms. The highest BCUT2D eigenvalue weighted by molar-refractivity contribution is 7.89. The number of aromatic amines is 1. The largest absolute Gasteiger partial charge is 0.379 e. The molecule has 1 aliphatic carbocycles. The highest BCUT2D eigenvalue weighted by Crippen LogP contribution is 2.39. The fourth-order valence-electron chi connectivity index (χ4n) is 3.02. The van der Waals surface area contributed by atoms with E-state index in [0.29, 0.717) is 37.9 Å². The third-order valence-electron chi connectivity index (χ3n) is 4.72.